The maximum absolute atomic E-state index is 11.5. The van der Waals surface area contributed by atoms with Gasteiger partial charge < -0.3 is 21.3 Å². The van der Waals surface area contributed by atoms with Crippen molar-refractivity contribution >= 4 is 29.1 Å². The van der Waals surface area contributed by atoms with Crippen LogP contribution in [0.4, 0.5) is 11.6 Å². The van der Waals surface area contributed by atoms with Crippen LogP contribution in [0.3, 0.4) is 0 Å². The van der Waals surface area contributed by atoms with Gasteiger partial charge in [-0.15, -0.1) is 0 Å². The molecule has 1 heterocycles. The fraction of sp³-hybridized carbons (Fsp3) is 0.552. The molecule has 5 N–H and O–H groups in total. The average Bonchev–Trinajstić information content (AvgIpc) is 2.84. The molecule has 0 bridgehead atoms. The van der Waals surface area contributed by atoms with Crippen molar-refractivity contribution in [1.29, 1.82) is 0 Å². The smallest absolute Gasteiger partial charge is 0.343 e. The van der Waals surface area contributed by atoms with Gasteiger partial charge in [-0.05, 0) is 65.8 Å². The Morgan fingerprint density at radius 1 is 1.00 bits per heavy atom. The van der Waals surface area contributed by atoms with Crippen LogP contribution in [0.5, 0.6) is 0 Å². The fourth-order valence-corrected chi connectivity index (χ4v) is 4.13. The highest BCUT2D eigenvalue weighted by molar-refractivity contribution is 6.18. The van der Waals surface area contributed by atoms with Gasteiger partial charge in [0.05, 0.1) is 0 Å². The molecule has 0 saturated heterocycles. The van der Waals surface area contributed by atoms with Gasteiger partial charge >= 0.3 is 11.9 Å². The topological polar surface area (TPSA) is 151 Å². The number of unbranched alkanes of at least 4 members (excludes halogenated alkanes) is 1. The minimum atomic E-state index is -1.42. The molecule has 2 rings (SSSR count). The van der Waals surface area contributed by atoms with Crippen molar-refractivity contribution in [2.24, 2.45) is 17.8 Å². The molecule has 0 saturated carbocycles. The highest BCUT2D eigenvalue weighted by atomic mass is 16.4. The molecule has 38 heavy (non-hydrogen) atoms. The molecule has 0 fully saturated rings. The number of rotatable bonds is 14. The number of carboxylic acids is 2. The van der Waals surface area contributed by atoms with Gasteiger partial charge in [0.25, 0.3) is 0 Å². The standard InChI is InChI=1S/C18H25NO4.C11H20N4/c1-10(2)7-12-9-13(19)5-6-14(12)15(8-11(3)4)16(17(20)21)18(22)23;1-3-5-6-10(4-2)7-13-11-14-8-12-9-15-11/h5-6,9-11H,7-8,19H2,1-4H3,(H,20,21)(H,22,23);8-10H,3-7H2,1-2H3,(H,12,13,14,15). The summed E-state index contributed by atoms with van der Waals surface area (Å²) in [7, 11) is 0. The number of allylic oxidation sites excluding steroid dienone is 1. The van der Waals surface area contributed by atoms with E-state index in [1.807, 2.05) is 27.7 Å². The van der Waals surface area contributed by atoms with Crippen LogP contribution in [-0.2, 0) is 16.0 Å². The molecule has 9 heteroatoms. The van der Waals surface area contributed by atoms with E-state index in [2.05, 4.69) is 34.1 Å². The Hall–Kier alpha value is -3.49. The highest BCUT2D eigenvalue weighted by Gasteiger charge is 2.25. The molecular formula is C29H45N5O4. The summed E-state index contributed by atoms with van der Waals surface area (Å²) in [6, 6.07) is 5.22. The van der Waals surface area contributed by atoms with Crippen LogP contribution < -0.4 is 11.1 Å². The predicted molar refractivity (Wildman–Crippen MR) is 153 cm³/mol. The summed E-state index contributed by atoms with van der Waals surface area (Å²) >= 11 is 0. The molecule has 1 aromatic heterocycles. The molecule has 2 aromatic rings. The summed E-state index contributed by atoms with van der Waals surface area (Å²) in [5.74, 6) is -0.959. The Labute approximate surface area is 227 Å². The molecule has 9 nitrogen and oxygen atoms in total. The van der Waals surface area contributed by atoms with Gasteiger partial charge in [0.15, 0.2) is 0 Å². The van der Waals surface area contributed by atoms with Crippen molar-refractivity contribution < 1.29 is 19.8 Å². The molecule has 0 radical (unpaired) electrons. The molecule has 1 atom stereocenters. The van der Waals surface area contributed by atoms with Crippen molar-refractivity contribution in [3.63, 3.8) is 0 Å². The van der Waals surface area contributed by atoms with Crippen LogP contribution in [0.15, 0.2) is 36.4 Å². The number of anilines is 2. The Morgan fingerprint density at radius 3 is 2.13 bits per heavy atom. The molecule has 1 aromatic carbocycles. The summed E-state index contributed by atoms with van der Waals surface area (Å²) < 4.78 is 0. The first kappa shape index (κ1) is 32.5. The summed E-state index contributed by atoms with van der Waals surface area (Å²) in [6.07, 6.45) is 9.17. The number of aliphatic carboxylic acids is 2. The van der Waals surface area contributed by atoms with Gasteiger partial charge in [0.1, 0.15) is 18.2 Å². The number of nitrogens with two attached hydrogens (primary N) is 1. The molecule has 1 unspecified atom stereocenters. The van der Waals surface area contributed by atoms with E-state index in [4.69, 9.17) is 5.73 Å². The Kier molecular flexibility index (Phi) is 14.6. The Morgan fingerprint density at radius 2 is 1.63 bits per heavy atom. The van der Waals surface area contributed by atoms with Gasteiger partial charge in [-0.3, -0.25) is 0 Å². The number of hydrogen-bond acceptors (Lipinski definition) is 7. The van der Waals surface area contributed by atoms with Crippen LogP contribution in [-0.4, -0.2) is 43.6 Å². The van der Waals surface area contributed by atoms with Crippen molar-refractivity contribution in [2.45, 2.75) is 80.1 Å². The van der Waals surface area contributed by atoms with Crippen molar-refractivity contribution in [3.05, 3.63) is 47.6 Å². The second-order valence-electron chi connectivity index (χ2n) is 10.3. The molecule has 0 spiro atoms. The number of carboxylic acid groups (broad SMARTS) is 2. The zero-order valence-electron chi connectivity index (χ0n) is 23.7. The van der Waals surface area contributed by atoms with Gasteiger partial charge in [0.2, 0.25) is 5.95 Å². The molecular weight excluding hydrogens is 482 g/mol. The zero-order chi connectivity index (χ0) is 28.7. The van der Waals surface area contributed by atoms with E-state index in [0.717, 1.165) is 18.0 Å². The Balaban J connectivity index is 0.000000415. The first-order valence-corrected chi connectivity index (χ1v) is 13.4. The van der Waals surface area contributed by atoms with Gasteiger partial charge in [-0.25, -0.2) is 24.5 Å². The van der Waals surface area contributed by atoms with E-state index in [1.54, 1.807) is 18.2 Å². The van der Waals surface area contributed by atoms with Crippen LogP contribution in [0.2, 0.25) is 0 Å². The third-order valence-corrected chi connectivity index (χ3v) is 6.01. The highest BCUT2D eigenvalue weighted by Crippen LogP contribution is 2.31. The van der Waals surface area contributed by atoms with Crippen molar-refractivity contribution in [2.75, 3.05) is 17.6 Å². The lowest BCUT2D eigenvalue weighted by atomic mass is 9.86. The minimum absolute atomic E-state index is 0.128. The lowest BCUT2D eigenvalue weighted by molar-refractivity contribution is -0.140. The average molecular weight is 528 g/mol. The normalized spacial score (nSPS) is 11.5. The number of nitrogens with zero attached hydrogens (tertiary/aromatic N) is 3. The van der Waals surface area contributed by atoms with E-state index < -0.39 is 17.5 Å². The van der Waals surface area contributed by atoms with E-state index in [-0.39, 0.29) is 5.92 Å². The van der Waals surface area contributed by atoms with Gasteiger partial charge in [-0.1, -0.05) is 66.9 Å². The number of nitrogen functional groups attached to an aromatic ring is 1. The lowest BCUT2D eigenvalue weighted by Crippen LogP contribution is -2.16. The molecule has 0 aliphatic heterocycles. The fourth-order valence-electron chi connectivity index (χ4n) is 4.13. The quantitative estimate of drug-likeness (QED) is 0.101. The van der Waals surface area contributed by atoms with E-state index in [1.165, 1.54) is 38.3 Å². The van der Waals surface area contributed by atoms with Crippen LogP contribution in [0.25, 0.3) is 5.57 Å². The predicted octanol–water partition coefficient (Wildman–Crippen LogP) is 5.94. The van der Waals surface area contributed by atoms with Crippen LogP contribution in [0, 0.1) is 17.8 Å². The second kappa shape index (κ2) is 17.1. The molecule has 0 aliphatic rings. The Bertz CT molecular complexity index is 1020. The molecule has 0 amide bonds. The van der Waals surface area contributed by atoms with Crippen molar-refractivity contribution in [1.82, 2.24) is 15.0 Å². The minimum Gasteiger partial charge on any atom is -0.477 e. The number of nitrogens with one attached hydrogen (secondary N) is 1. The summed E-state index contributed by atoms with van der Waals surface area (Å²) in [6.45, 7) is 13.4. The van der Waals surface area contributed by atoms with Gasteiger partial charge in [-0.2, -0.15) is 0 Å². The third-order valence-electron chi connectivity index (χ3n) is 6.01. The van der Waals surface area contributed by atoms with Crippen LogP contribution >= 0.6 is 0 Å². The maximum atomic E-state index is 11.5. The number of carbonyl (C=O) groups is 2. The van der Waals surface area contributed by atoms with E-state index >= 15 is 0 Å². The first-order chi connectivity index (χ1) is 18.0. The first-order valence-electron chi connectivity index (χ1n) is 13.4. The van der Waals surface area contributed by atoms with Crippen molar-refractivity contribution in [3.8, 4) is 0 Å². The number of hydrogen-bond donors (Lipinski definition) is 4. The number of benzene rings is 1. The summed E-state index contributed by atoms with van der Waals surface area (Å²) in [4.78, 5) is 34.8. The summed E-state index contributed by atoms with van der Waals surface area (Å²) in [5.41, 5.74) is 7.78. The molecule has 210 valence electrons. The largest absolute Gasteiger partial charge is 0.477 e. The second-order valence-corrected chi connectivity index (χ2v) is 10.3. The number of aromatic nitrogens is 3. The maximum Gasteiger partial charge on any atom is 0.343 e. The third kappa shape index (κ3) is 11.7. The van der Waals surface area contributed by atoms with E-state index in [9.17, 15) is 19.8 Å². The van der Waals surface area contributed by atoms with Crippen LogP contribution in [0.1, 0.15) is 84.8 Å². The lowest BCUT2D eigenvalue weighted by Gasteiger charge is -2.18. The van der Waals surface area contributed by atoms with Gasteiger partial charge in [0, 0.05) is 12.2 Å². The summed E-state index contributed by atoms with van der Waals surface area (Å²) in [5, 5.41) is 21.9. The molecule has 0 aliphatic carbocycles. The van der Waals surface area contributed by atoms with E-state index in [0.29, 0.717) is 41.5 Å². The monoisotopic (exact) mass is 527 g/mol. The zero-order valence-corrected chi connectivity index (χ0v) is 23.7. The SMILES string of the molecule is CC(C)CC(=C(C(=O)O)C(=O)O)c1ccc(N)cc1CC(C)C.CCCCC(CC)CNc1ncncn1.